The van der Waals surface area contributed by atoms with Crippen LogP contribution in [-0.2, 0) is 6.54 Å². The number of aromatic hydroxyl groups is 2. The first kappa shape index (κ1) is 15.2. The first-order chi connectivity index (χ1) is 10.1. The van der Waals surface area contributed by atoms with Crippen LogP contribution in [0.15, 0.2) is 23.0 Å². The van der Waals surface area contributed by atoms with Gasteiger partial charge in [0.15, 0.2) is 5.75 Å². The largest absolute Gasteiger partial charge is 0.508 e. The maximum atomic E-state index is 12.4. The van der Waals surface area contributed by atoms with Crippen molar-refractivity contribution in [1.29, 1.82) is 0 Å². The highest BCUT2D eigenvalue weighted by molar-refractivity contribution is 5.88. The highest BCUT2D eigenvalue weighted by Crippen LogP contribution is 2.32. The second-order valence-corrected chi connectivity index (χ2v) is 5.10. The molecule has 2 aromatic rings. The molecule has 0 aliphatic heterocycles. The fourth-order valence-electron chi connectivity index (χ4n) is 2.50. The lowest BCUT2D eigenvalue weighted by molar-refractivity contribution is 0.366. The molecule has 0 saturated carbocycles. The van der Waals surface area contributed by atoms with Gasteiger partial charge in [-0.25, -0.2) is 0 Å². The van der Waals surface area contributed by atoms with E-state index in [0.29, 0.717) is 17.4 Å². The number of ether oxygens (including phenoxy) is 1. The Hall–Kier alpha value is -2.17. The molecular weight excluding hydrogens is 270 g/mol. The van der Waals surface area contributed by atoms with Gasteiger partial charge in [0, 0.05) is 18.0 Å². The Kier molecular flexibility index (Phi) is 4.73. The van der Waals surface area contributed by atoms with Gasteiger partial charge in [-0.2, -0.15) is 0 Å². The molecular formula is C16H21NO4. The number of phenols is 1. The maximum Gasteiger partial charge on any atom is 0.297 e. The Labute approximate surface area is 123 Å². The summed E-state index contributed by atoms with van der Waals surface area (Å²) in [5.41, 5.74) is 0.152. The normalized spacial score (nSPS) is 11.0. The summed E-state index contributed by atoms with van der Waals surface area (Å²) >= 11 is 0. The third-order valence-electron chi connectivity index (χ3n) is 3.62. The van der Waals surface area contributed by atoms with E-state index in [1.165, 1.54) is 19.2 Å². The number of benzene rings is 1. The van der Waals surface area contributed by atoms with Crippen molar-refractivity contribution in [3.05, 3.63) is 28.6 Å². The topological polar surface area (TPSA) is 71.7 Å². The van der Waals surface area contributed by atoms with E-state index in [1.807, 2.05) is 0 Å². The summed E-state index contributed by atoms with van der Waals surface area (Å²) in [6, 6.07) is 4.56. The maximum absolute atomic E-state index is 12.4. The molecule has 2 rings (SSSR count). The predicted molar refractivity (Wildman–Crippen MR) is 82.2 cm³/mol. The molecule has 0 aliphatic carbocycles. The number of hydrogen-bond donors (Lipinski definition) is 2. The third kappa shape index (κ3) is 2.96. The van der Waals surface area contributed by atoms with Crippen molar-refractivity contribution in [3.8, 4) is 17.2 Å². The van der Waals surface area contributed by atoms with E-state index in [1.54, 1.807) is 10.6 Å². The number of pyridine rings is 1. The summed E-state index contributed by atoms with van der Waals surface area (Å²) in [4.78, 5) is 12.4. The minimum atomic E-state index is -0.371. The van der Waals surface area contributed by atoms with E-state index >= 15 is 0 Å². The number of nitrogens with zero attached hydrogens (tertiary/aromatic N) is 1. The lowest BCUT2D eigenvalue weighted by atomic mass is 10.1. The van der Waals surface area contributed by atoms with Crippen LogP contribution in [0.5, 0.6) is 17.2 Å². The highest BCUT2D eigenvalue weighted by Gasteiger charge is 2.17. The minimum Gasteiger partial charge on any atom is -0.508 e. The Morgan fingerprint density at radius 2 is 1.95 bits per heavy atom. The zero-order valence-corrected chi connectivity index (χ0v) is 12.4. The Morgan fingerprint density at radius 3 is 2.62 bits per heavy atom. The Balaban J connectivity index is 2.55. The minimum absolute atomic E-state index is 0.0521. The van der Waals surface area contributed by atoms with E-state index in [9.17, 15) is 15.0 Å². The smallest absolute Gasteiger partial charge is 0.297 e. The molecule has 5 nitrogen and oxygen atoms in total. The van der Waals surface area contributed by atoms with Gasteiger partial charge >= 0.3 is 0 Å². The van der Waals surface area contributed by atoms with Crippen LogP contribution in [0.2, 0.25) is 0 Å². The highest BCUT2D eigenvalue weighted by atomic mass is 16.5. The molecule has 0 amide bonds. The number of hydrogen-bond acceptors (Lipinski definition) is 4. The first-order valence-corrected chi connectivity index (χ1v) is 7.22. The molecule has 21 heavy (non-hydrogen) atoms. The van der Waals surface area contributed by atoms with Crippen LogP contribution in [0.1, 0.15) is 32.6 Å². The van der Waals surface area contributed by atoms with Crippen molar-refractivity contribution < 1.29 is 14.9 Å². The zero-order valence-electron chi connectivity index (χ0n) is 12.4. The average molecular weight is 291 g/mol. The molecule has 0 saturated heterocycles. The van der Waals surface area contributed by atoms with Gasteiger partial charge in [-0.3, -0.25) is 4.79 Å². The molecule has 0 radical (unpaired) electrons. The predicted octanol–water partition coefficient (Wildman–Crippen LogP) is 3.00. The molecule has 2 N–H and O–H groups in total. The fraction of sp³-hybridized carbons (Fsp3) is 0.438. The second kappa shape index (κ2) is 6.52. The number of aryl methyl sites for hydroxylation is 1. The summed E-state index contributed by atoms with van der Waals surface area (Å²) in [5, 5.41) is 20.3. The van der Waals surface area contributed by atoms with Crippen molar-refractivity contribution in [2.24, 2.45) is 0 Å². The fourth-order valence-corrected chi connectivity index (χ4v) is 2.50. The van der Waals surface area contributed by atoms with Crippen LogP contribution in [-0.4, -0.2) is 21.9 Å². The number of aromatic nitrogens is 1. The zero-order chi connectivity index (χ0) is 15.4. The summed E-state index contributed by atoms with van der Waals surface area (Å²) in [7, 11) is 1.37. The van der Waals surface area contributed by atoms with Gasteiger partial charge in [0.25, 0.3) is 5.56 Å². The quantitative estimate of drug-likeness (QED) is 0.803. The second-order valence-electron chi connectivity index (χ2n) is 5.10. The first-order valence-electron chi connectivity index (χ1n) is 7.22. The summed E-state index contributed by atoms with van der Waals surface area (Å²) in [6.07, 6.45) is 4.14. The summed E-state index contributed by atoms with van der Waals surface area (Å²) < 4.78 is 6.60. The molecule has 0 unspecified atom stereocenters. The van der Waals surface area contributed by atoms with E-state index in [2.05, 4.69) is 6.92 Å². The van der Waals surface area contributed by atoms with Crippen LogP contribution in [0, 0.1) is 0 Å². The molecule has 1 heterocycles. The SMILES string of the molecule is CCCCCCn1c(=O)c(OC)c(O)c2ccc(O)cc21. The number of unbranched alkanes of at least 4 members (excludes halogenated alkanes) is 3. The molecule has 0 bridgehead atoms. The van der Waals surface area contributed by atoms with E-state index in [0.717, 1.165) is 25.7 Å². The van der Waals surface area contributed by atoms with Gasteiger partial charge in [-0.15, -0.1) is 0 Å². The average Bonchev–Trinajstić information content (AvgIpc) is 2.46. The molecule has 114 valence electrons. The molecule has 5 heteroatoms. The van der Waals surface area contributed by atoms with Gasteiger partial charge in [-0.1, -0.05) is 26.2 Å². The molecule has 0 aliphatic rings. The Morgan fingerprint density at radius 1 is 1.19 bits per heavy atom. The number of fused-ring (bicyclic) bond motifs is 1. The Bertz CT molecular complexity index is 691. The summed E-state index contributed by atoms with van der Waals surface area (Å²) in [6.45, 7) is 2.67. The molecule has 0 spiro atoms. The monoisotopic (exact) mass is 291 g/mol. The van der Waals surface area contributed by atoms with Crippen LogP contribution >= 0.6 is 0 Å². The van der Waals surface area contributed by atoms with Crippen LogP contribution in [0.25, 0.3) is 10.9 Å². The number of rotatable bonds is 6. The van der Waals surface area contributed by atoms with E-state index in [-0.39, 0.29) is 22.8 Å². The van der Waals surface area contributed by atoms with Gasteiger partial charge in [-0.05, 0) is 18.6 Å². The van der Waals surface area contributed by atoms with Gasteiger partial charge in [0.2, 0.25) is 5.75 Å². The lowest BCUT2D eigenvalue weighted by Crippen LogP contribution is -2.22. The van der Waals surface area contributed by atoms with Gasteiger partial charge in [0.1, 0.15) is 5.75 Å². The van der Waals surface area contributed by atoms with Crippen LogP contribution in [0.4, 0.5) is 0 Å². The van der Waals surface area contributed by atoms with Crippen molar-refractivity contribution in [2.75, 3.05) is 7.11 Å². The molecule has 1 aromatic carbocycles. The molecule has 0 atom stereocenters. The van der Waals surface area contributed by atoms with Crippen LogP contribution < -0.4 is 10.3 Å². The number of methoxy groups -OCH3 is 1. The van der Waals surface area contributed by atoms with Gasteiger partial charge in [0.05, 0.1) is 12.6 Å². The lowest BCUT2D eigenvalue weighted by Gasteiger charge is -2.14. The van der Waals surface area contributed by atoms with Crippen LogP contribution in [0.3, 0.4) is 0 Å². The summed E-state index contributed by atoms with van der Waals surface area (Å²) in [5.74, 6) is -0.167. The third-order valence-corrected chi connectivity index (χ3v) is 3.62. The van der Waals surface area contributed by atoms with Crippen molar-refractivity contribution in [2.45, 2.75) is 39.2 Å². The van der Waals surface area contributed by atoms with Crippen molar-refractivity contribution in [3.63, 3.8) is 0 Å². The van der Waals surface area contributed by atoms with E-state index in [4.69, 9.17) is 4.74 Å². The molecule has 0 fully saturated rings. The standard InChI is InChI=1S/C16H21NO4/c1-3-4-5-6-9-17-13-10-11(18)7-8-12(13)14(19)15(21-2)16(17)20/h7-8,10,18-19H,3-6,9H2,1-2H3. The molecule has 1 aromatic heterocycles. The number of phenolic OH excluding ortho intramolecular Hbond substituents is 1. The van der Waals surface area contributed by atoms with Crippen molar-refractivity contribution >= 4 is 10.9 Å². The van der Waals surface area contributed by atoms with E-state index < -0.39 is 0 Å². The van der Waals surface area contributed by atoms with Gasteiger partial charge < -0.3 is 19.5 Å². The van der Waals surface area contributed by atoms with Crippen molar-refractivity contribution in [1.82, 2.24) is 4.57 Å².